The first-order valence-electron chi connectivity index (χ1n) is 12.0. The minimum absolute atomic E-state index is 0.212. The zero-order valence-electron chi connectivity index (χ0n) is 19.7. The van der Waals surface area contributed by atoms with E-state index >= 15 is 0 Å². The van der Waals surface area contributed by atoms with Gasteiger partial charge in [-0.05, 0) is 56.6 Å². The number of rotatable bonds is 13. The van der Waals surface area contributed by atoms with Crippen LogP contribution in [0.15, 0.2) is 48.5 Å². The molecule has 0 bridgehead atoms. The van der Waals surface area contributed by atoms with E-state index in [-0.39, 0.29) is 5.91 Å². The van der Waals surface area contributed by atoms with Gasteiger partial charge in [0.25, 0.3) is 0 Å². The second-order valence-corrected chi connectivity index (χ2v) is 9.40. The van der Waals surface area contributed by atoms with E-state index < -0.39 is 5.54 Å². The van der Waals surface area contributed by atoms with Crippen LogP contribution in [0.25, 0.3) is 0 Å². The van der Waals surface area contributed by atoms with Crippen molar-refractivity contribution in [1.29, 1.82) is 0 Å². The highest BCUT2D eigenvalue weighted by molar-refractivity contribution is 6.35. The van der Waals surface area contributed by atoms with Crippen molar-refractivity contribution in [3.05, 3.63) is 64.1 Å². The number of hydrogen-bond donors (Lipinski definition) is 2. The SMILES string of the molecule is CCCCNCCN1CN(c2ccccc2)C(CC)(CCNCc2c(Cl)cccc2Cl)C1=O. The highest BCUT2D eigenvalue weighted by Gasteiger charge is 2.50. The normalized spacial score (nSPS) is 18.4. The number of halogens is 2. The Labute approximate surface area is 208 Å². The Morgan fingerprint density at radius 1 is 0.939 bits per heavy atom. The summed E-state index contributed by atoms with van der Waals surface area (Å²) in [5.74, 6) is 0.212. The molecule has 2 N–H and O–H groups in total. The third kappa shape index (κ3) is 6.21. The van der Waals surface area contributed by atoms with E-state index in [0.717, 1.165) is 43.7 Å². The van der Waals surface area contributed by atoms with E-state index in [0.29, 0.717) is 36.2 Å². The summed E-state index contributed by atoms with van der Waals surface area (Å²) in [5.41, 5.74) is 1.41. The Balaban J connectivity index is 1.70. The fourth-order valence-corrected chi connectivity index (χ4v) is 5.03. The van der Waals surface area contributed by atoms with Gasteiger partial charge in [-0.15, -0.1) is 0 Å². The lowest BCUT2D eigenvalue weighted by Gasteiger charge is -2.36. The molecule has 1 atom stereocenters. The molecule has 1 aliphatic rings. The summed E-state index contributed by atoms with van der Waals surface area (Å²) in [4.78, 5) is 18.0. The Morgan fingerprint density at radius 3 is 2.33 bits per heavy atom. The molecule has 7 heteroatoms. The number of benzene rings is 2. The number of amides is 1. The van der Waals surface area contributed by atoms with Gasteiger partial charge >= 0.3 is 0 Å². The van der Waals surface area contributed by atoms with Crippen LogP contribution in [0.2, 0.25) is 10.0 Å². The number of unbranched alkanes of at least 4 members (excludes halogenated alkanes) is 1. The number of para-hydroxylation sites is 1. The van der Waals surface area contributed by atoms with E-state index in [1.165, 1.54) is 6.42 Å². The molecule has 3 rings (SSSR count). The standard InChI is InChI=1S/C26H36Cl2N4O/c1-3-5-15-29-17-18-31-20-32(21-10-7-6-8-11-21)26(4-2,25(31)33)14-16-30-19-22-23(27)12-9-13-24(22)28/h6-13,29-30H,3-5,14-20H2,1-2H3. The van der Waals surface area contributed by atoms with Crippen LogP contribution >= 0.6 is 23.2 Å². The predicted octanol–water partition coefficient (Wildman–Crippen LogP) is 5.32. The van der Waals surface area contributed by atoms with E-state index in [4.69, 9.17) is 23.2 Å². The molecule has 33 heavy (non-hydrogen) atoms. The van der Waals surface area contributed by atoms with E-state index in [1.54, 1.807) is 0 Å². The fourth-order valence-electron chi connectivity index (χ4n) is 4.50. The van der Waals surface area contributed by atoms with Gasteiger partial charge in [0, 0.05) is 40.9 Å². The molecule has 1 amide bonds. The maximum Gasteiger partial charge on any atom is 0.250 e. The molecule has 0 aliphatic carbocycles. The Bertz CT molecular complexity index is 875. The Morgan fingerprint density at radius 2 is 1.67 bits per heavy atom. The fraction of sp³-hybridized carbons (Fsp3) is 0.500. The van der Waals surface area contributed by atoms with Crippen molar-refractivity contribution in [2.45, 2.75) is 51.6 Å². The van der Waals surface area contributed by atoms with E-state index in [2.05, 4.69) is 41.5 Å². The van der Waals surface area contributed by atoms with Crippen LogP contribution in [0.3, 0.4) is 0 Å². The third-order valence-corrected chi connectivity index (χ3v) is 7.22. The van der Waals surface area contributed by atoms with Gasteiger partial charge in [0.05, 0.1) is 6.67 Å². The van der Waals surface area contributed by atoms with Crippen molar-refractivity contribution in [3.8, 4) is 0 Å². The molecule has 1 heterocycles. The number of carbonyl (C=O) groups is 1. The number of hydrogen-bond acceptors (Lipinski definition) is 4. The zero-order chi connectivity index (χ0) is 23.7. The van der Waals surface area contributed by atoms with Crippen molar-refractivity contribution in [1.82, 2.24) is 15.5 Å². The number of anilines is 1. The van der Waals surface area contributed by atoms with Gasteiger partial charge in [0.15, 0.2) is 0 Å². The molecule has 2 aromatic rings. The van der Waals surface area contributed by atoms with Gasteiger partial charge in [-0.1, -0.05) is 67.7 Å². The van der Waals surface area contributed by atoms with Crippen molar-refractivity contribution < 1.29 is 4.79 Å². The molecule has 0 radical (unpaired) electrons. The van der Waals surface area contributed by atoms with Crippen LogP contribution in [0.5, 0.6) is 0 Å². The van der Waals surface area contributed by atoms with Crippen LogP contribution in [0.1, 0.15) is 45.1 Å². The molecule has 1 saturated heterocycles. The van der Waals surface area contributed by atoms with E-state index in [1.807, 2.05) is 41.3 Å². The molecule has 180 valence electrons. The van der Waals surface area contributed by atoms with Gasteiger partial charge in [-0.2, -0.15) is 0 Å². The summed E-state index contributed by atoms with van der Waals surface area (Å²) in [6.45, 7) is 8.70. The lowest BCUT2D eigenvalue weighted by atomic mass is 9.89. The molecule has 2 aromatic carbocycles. The monoisotopic (exact) mass is 490 g/mol. The average molecular weight is 492 g/mol. The van der Waals surface area contributed by atoms with Gasteiger partial charge in [0.2, 0.25) is 5.91 Å². The molecule has 1 fully saturated rings. The van der Waals surface area contributed by atoms with Gasteiger partial charge in [-0.3, -0.25) is 4.79 Å². The van der Waals surface area contributed by atoms with Crippen molar-refractivity contribution in [3.63, 3.8) is 0 Å². The van der Waals surface area contributed by atoms with E-state index in [9.17, 15) is 4.79 Å². The highest BCUT2D eigenvalue weighted by atomic mass is 35.5. The maximum atomic E-state index is 13.7. The number of carbonyl (C=O) groups excluding carboxylic acids is 1. The average Bonchev–Trinajstić information content (AvgIpc) is 3.10. The summed E-state index contributed by atoms with van der Waals surface area (Å²) in [7, 11) is 0. The molecule has 1 unspecified atom stereocenters. The quantitative estimate of drug-likeness (QED) is 0.373. The van der Waals surface area contributed by atoms with Crippen LogP contribution in [0, 0.1) is 0 Å². The van der Waals surface area contributed by atoms with Crippen molar-refractivity contribution >= 4 is 34.8 Å². The maximum absolute atomic E-state index is 13.7. The zero-order valence-corrected chi connectivity index (χ0v) is 21.3. The molecule has 1 aliphatic heterocycles. The minimum atomic E-state index is -0.567. The second-order valence-electron chi connectivity index (χ2n) is 8.59. The van der Waals surface area contributed by atoms with Gasteiger partial charge in [0.1, 0.15) is 5.54 Å². The van der Waals surface area contributed by atoms with Gasteiger partial charge in [-0.25, -0.2) is 0 Å². The van der Waals surface area contributed by atoms with Crippen LogP contribution in [-0.2, 0) is 11.3 Å². The first kappa shape index (κ1) is 25.8. The first-order chi connectivity index (χ1) is 16.0. The molecule has 5 nitrogen and oxygen atoms in total. The van der Waals surface area contributed by atoms with Crippen molar-refractivity contribution in [2.24, 2.45) is 0 Å². The van der Waals surface area contributed by atoms with Crippen LogP contribution < -0.4 is 15.5 Å². The summed E-state index contributed by atoms with van der Waals surface area (Å²) in [6.07, 6.45) is 3.78. The van der Waals surface area contributed by atoms with Crippen LogP contribution in [0.4, 0.5) is 5.69 Å². The third-order valence-electron chi connectivity index (χ3n) is 6.51. The number of nitrogens with one attached hydrogen (secondary N) is 2. The molecule has 0 aromatic heterocycles. The highest BCUT2D eigenvalue weighted by Crippen LogP contribution is 2.36. The number of nitrogens with zero attached hydrogens (tertiary/aromatic N) is 2. The summed E-state index contributed by atoms with van der Waals surface area (Å²) >= 11 is 12.6. The minimum Gasteiger partial charge on any atom is -0.339 e. The Hall–Kier alpha value is -1.79. The van der Waals surface area contributed by atoms with Crippen LogP contribution in [-0.4, -0.2) is 49.2 Å². The molecular formula is C26H36Cl2N4O. The van der Waals surface area contributed by atoms with Crippen molar-refractivity contribution in [2.75, 3.05) is 37.7 Å². The molecule has 0 spiro atoms. The summed E-state index contributed by atoms with van der Waals surface area (Å²) in [5, 5.41) is 8.24. The topological polar surface area (TPSA) is 47.6 Å². The van der Waals surface area contributed by atoms with Gasteiger partial charge < -0.3 is 20.4 Å². The molecular weight excluding hydrogens is 455 g/mol. The second kappa shape index (κ2) is 12.6. The smallest absolute Gasteiger partial charge is 0.250 e. The summed E-state index contributed by atoms with van der Waals surface area (Å²) in [6, 6.07) is 15.8. The Kier molecular flexibility index (Phi) is 9.87. The lowest BCUT2D eigenvalue weighted by Crippen LogP contribution is -2.51. The summed E-state index contributed by atoms with van der Waals surface area (Å²) < 4.78 is 0. The predicted molar refractivity (Wildman–Crippen MR) is 139 cm³/mol. The molecule has 0 saturated carbocycles. The first-order valence-corrected chi connectivity index (χ1v) is 12.8. The largest absolute Gasteiger partial charge is 0.339 e. The lowest BCUT2D eigenvalue weighted by molar-refractivity contribution is -0.132.